The quantitative estimate of drug-likeness (QED) is 0.769. The molecule has 1 aromatic carbocycles. The van der Waals surface area contributed by atoms with Crippen molar-refractivity contribution >= 4 is 52.0 Å². The molecular weight excluding hydrogens is 388 g/mol. The zero-order chi connectivity index (χ0) is 18.1. The molecule has 4 rings (SSSR count). The molecule has 2 aliphatic rings. The summed E-state index contributed by atoms with van der Waals surface area (Å²) >= 11 is 4.39. The number of anilines is 1. The maximum absolute atomic E-state index is 12.6. The molecule has 2 amide bonds. The summed E-state index contributed by atoms with van der Waals surface area (Å²) in [5, 5.41) is 3.97. The second-order valence-corrected chi connectivity index (χ2v) is 9.61. The van der Waals surface area contributed by atoms with Crippen molar-refractivity contribution in [2.24, 2.45) is 0 Å². The van der Waals surface area contributed by atoms with Crippen LogP contribution in [0.5, 0.6) is 0 Å². The summed E-state index contributed by atoms with van der Waals surface area (Å²) in [5.41, 5.74) is 1.20. The highest BCUT2D eigenvalue weighted by molar-refractivity contribution is 8.01. The maximum atomic E-state index is 12.6. The molecule has 2 fully saturated rings. The number of nitrogens with zero attached hydrogens (tertiary/aromatic N) is 3. The van der Waals surface area contributed by atoms with Crippen LogP contribution >= 0.6 is 35.1 Å². The molecule has 2 saturated heterocycles. The number of aromatic nitrogens is 2. The van der Waals surface area contributed by atoms with E-state index in [4.69, 9.17) is 0 Å². The summed E-state index contributed by atoms with van der Waals surface area (Å²) < 4.78 is 4.30. The average Bonchev–Trinajstić information content (AvgIpc) is 3.30. The molecule has 26 heavy (non-hydrogen) atoms. The van der Waals surface area contributed by atoms with Crippen molar-refractivity contribution < 1.29 is 9.59 Å². The van der Waals surface area contributed by atoms with Crippen molar-refractivity contribution in [3.05, 3.63) is 35.9 Å². The van der Waals surface area contributed by atoms with Gasteiger partial charge in [0.15, 0.2) is 0 Å². The fraction of sp³-hybridized carbons (Fsp3) is 0.412. The molecule has 0 unspecified atom stereocenters. The number of hydrogen-bond acceptors (Lipinski definition) is 7. The molecule has 1 aromatic heterocycles. The van der Waals surface area contributed by atoms with Crippen molar-refractivity contribution in [3.63, 3.8) is 0 Å². The van der Waals surface area contributed by atoms with E-state index in [-0.39, 0.29) is 16.7 Å². The molecular formula is C17H18N4O2S3. The highest BCUT2D eigenvalue weighted by Gasteiger charge is 2.52. The Morgan fingerprint density at radius 2 is 2.23 bits per heavy atom. The van der Waals surface area contributed by atoms with Crippen LogP contribution in [-0.2, 0) is 15.3 Å². The number of carbonyl (C=O) groups excluding carboxylic acids is 2. The lowest BCUT2D eigenvalue weighted by atomic mass is 10.2. The van der Waals surface area contributed by atoms with Crippen LogP contribution in [0.2, 0.25) is 0 Å². The van der Waals surface area contributed by atoms with Crippen LogP contribution in [0.15, 0.2) is 35.5 Å². The Morgan fingerprint density at radius 1 is 1.42 bits per heavy atom. The number of fused-ring (bicyclic) bond motifs is 1. The predicted octanol–water partition coefficient (Wildman–Crippen LogP) is 3.22. The molecule has 6 nitrogen and oxygen atoms in total. The fourth-order valence-electron chi connectivity index (χ4n) is 3.24. The number of amides is 2. The van der Waals surface area contributed by atoms with Crippen LogP contribution in [0.4, 0.5) is 5.13 Å². The first-order valence-corrected chi connectivity index (χ1v) is 11.1. The summed E-state index contributed by atoms with van der Waals surface area (Å²) in [6, 6.07) is 9.68. The van der Waals surface area contributed by atoms with Gasteiger partial charge in [0, 0.05) is 29.5 Å². The van der Waals surface area contributed by atoms with Crippen LogP contribution in [0.25, 0.3) is 0 Å². The van der Waals surface area contributed by atoms with Gasteiger partial charge in [0.25, 0.3) is 0 Å². The summed E-state index contributed by atoms with van der Waals surface area (Å²) in [6.45, 7) is 2.04. The third-order valence-corrected chi connectivity index (χ3v) is 7.77. The number of rotatable bonds is 5. The van der Waals surface area contributed by atoms with Gasteiger partial charge in [-0.15, -0.1) is 11.8 Å². The van der Waals surface area contributed by atoms with E-state index in [0.717, 1.165) is 12.2 Å². The first-order chi connectivity index (χ1) is 12.5. The van der Waals surface area contributed by atoms with Gasteiger partial charge in [-0.1, -0.05) is 42.1 Å². The highest BCUT2D eigenvalue weighted by Crippen LogP contribution is 2.47. The Hall–Kier alpha value is -1.58. The minimum Gasteiger partial charge on any atom is -0.315 e. The second-order valence-electron chi connectivity index (χ2n) is 6.41. The largest absolute Gasteiger partial charge is 0.315 e. The second kappa shape index (κ2) is 7.21. The van der Waals surface area contributed by atoms with Crippen molar-refractivity contribution in [2.45, 2.75) is 41.6 Å². The van der Waals surface area contributed by atoms with E-state index in [9.17, 15) is 9.59 Å². The third kappa shape index (κ3) is 3.47. The van der Waals surface area contributed by atoms with Crippen molar-refractivity contribution in [1.29, 1.82) is 0 Å². The standard InChI is InChI=1S/C17H18N4O2S3/c1-17-8-7-13(22)21(17)12(10-25-17)14(23)18-15-19-16(20-26-15)24-9-11-5-3-2-4-6-11/h2-6,12H,7-10H2,1H3,(H,18,19,20,23)/t12-,17+/m1/s1. The van der Waals surface area contributed by atoms with Crippen molar-refractivity contribution in [3.8, 4) is 0 Å². The van der Waals surface area contributed by atoms with Gasteiger partial charge in [-0.2, -0.15) is 9.36 Å². The van der Waals surface area contributed by atoms with Gasteiger partial charge < -0.3 is 4.90 Å². The van der Waals surface area contributed by atoms with Gasteiger partial charge in [-0.05, 0) is 18.9 Å². The Balaban J connectivity index is 1.37. The van der Waals surface area contributed by atoms with Crippen LogP contribution in [0.3, 0.4) is 0 Å². The first kappa shape index (κ1) is 17.8. The van der Waals surface area contributed by atoms with Gasteiger partial charge in [0.2, 0.25) is 22.1 Å². The van der Waals surface area contributed by atoms with E-state index in [1.807, 2.05) is 25.1 Å². The smallest absolute Gasteiger partial charge is 0.249 e. The van der Waals surface area contributed by atoms with E-state index in [0.29, 0.717) is 22.5 Å². The molecule has 0 aliphatic carbocycles. The van der Waals surface area contributed by atoms with E-state index in [1.165, 1.54) is 28.9 Å². The van der Waals surface area contributed by atoms with Crippen LogP contribution in [0, 0.1) is 0 Å². The normalized spacial score (nSPS) is 24.7. The van der Waals surface area contributed by atoms with Gasteiger partial charge in [-0.25, -0.2) is 0 Å². The van der Waals surface area contributed by atoms with Gasteiger partial charge in [0.1, 0.15) is 6.04 Å². The lowest BCUT2D eigenvalue weighted by Crippen LogP contribution is -2.48. The lowest BCUT2D eigenvalue weighted by Gasteiger charge is -2.29. The zero-order valence-corrected chi connectivity index (χ0v) is 16.6. The molecule has 9 heteroatoms. The number of carbonyl (C=O) groups is 2. The summed E-state index contributed by atoms with van der Waals surface area (Å²) in [4.78, 5) is 30.7. The van der Waals surface area contributed by atoms with Gasteiger partial charge >= 0.3 is 0 Å². The number of hydrogen-bond donors (Lipinski definition) is 1. The molecule has 136 valence electrons. The topological polar surface area (TPSA) is 75.2 Å². The number of benzene rings is 1. The van der Waals surface area contributed by atoms with E-state index in [1.54, 1.807) is 16.7 Å². The van der Waals surface area contributed by atoms with Crippen molar-refractivity contribution in [2.75, 3.05) is 11.1 Å². The molecule has 2 aliphatic heterocycles. The van der Waals surface area contributed by atoms with E-state index in [2.05, 4.69) is 26.8 Å². The molecule has 3 heterocycles. The molecule has 2 atom stereocenters. The Labute approximate surface area is 164 Å². The Bertz CT molecular complexity index is 828. The molecule has 2 aromatic rings. The molecule has 0 spiro atoms. The van der Waals surface area contributed by atoms with Crippen molar-refractivity contribution in [1.82, 2.24) is 14.3 Å². The molecule has 1 N–H and O–H groups in total. The maximum Gasteiger partial charge on any atom is 0.249 e. The SMILES string of the molecule is C[C@]12CCC(=O)N1[C@@H](C(=O)Nc1nc(SCc3ccccc3)ns1)CS2. The summed E-state index contributed by atoms with van der Waals surface area (Å²) in [7, 11) is 0. The van der Waals surface area contributed by atoms with Crippen LogP contribution < -0.4 is 5.32 Å². The lowest BCUT2D eigenvalue weighted by molar-refractivity contribution is -0.135. The van der Waals surface area contributed by atoms with Gasteiger partial charge in [-0.3, -0.25) is 14.9 Å². The minimum atomic E-state index is -0.427. The fourth-order valence-corrected chi connectivity index (χ4v) is 6.18. The predicted molar refractivity (Wildman–Crippen MR) is 105 cm³/mol. The average molecular weight is 407 g/mol. The Morgan fingerprint density at radius 3 is 3.04 bits per heavy atom. The Kier molecular flexibility index (Phi) is 4.94. The molecule has 0 saturated carbocycles. The monoisotopic (exact) mass is 406 g/mol. The van der Waals surface area contributed by atoms with Crippen LogP contribution in [-0.4, -0.2) is 42.7 Å². The third-order valence-electron chi connectivity index (χ3n) is 4.60. The summed E-state index contributed by atoms with van der Waals surface area (Å²) in [5.74, 6) is 1.30. The molecule has 0 bridgehead atoms. The highest BCUT2D eigenvalue weighted by atomic mass is 32.2. The number of nitrogens with one attached hydrogen (secondary N) is 1. The molecule has 0 radical (unpaired) electrons. The van der Waals surface area contributed by atoms with E-state index < -0.39 is 6.04 Å². The van der Waals surface area contributed by atoms with Gasteiger partial charge in [0.05, 0.1) is 4.87 Å². The zero-order valence-electron chi connectivity index (χ0n) is 14.2. The summed E-state index contributed by atoms with van der Waals surface area (Å²) in [6.07, 6.45) is 1.33. The minimum absolute atomic E-state index is 0.0639. The van der Waals surface area contributed by atoms with Crippen LogP contribution in [0.1, 0.15) is 25.3 Å². The van der Waals surface area contributed by atoms with E-state index >= 15 is 0 Å². The first-order valence-electron chi connectivity index (χ1n) is 8.33. The number of thioether (sulfide) groups is 2.